The Balaban J connectivity index is 2.19. The number of rotatable bonds is 0. The summed E-state index contributed by atoms with van der Waals surface area (Å²) < 4.78 is 0. The van der Waals surface area contributed by atoms with Crippen LogP contribution in [0.3, 0.4) is 0 Å². The highest BCUT2D eigenvalue weighted by Gasteiger charge is 2.25. The van der Waals surface area contributed by atoms with Crippen LogP contribution in [0.25, 0.3) is 0 Å². The molecule has 2 atom stereocenters. The molecule has 2 rings (SSSR count). The van der Waals surface area contributed by atoms with Crippen molar-refractivity contribution in [3.63, 3.8) is 0 Å². The lowest BCUT2D eigenvalue weighted by atomic mass is 10.1. The van der Waals surface area contributed by atoms with Crippen molar-refractivity contribution in [2.45, 2.75) is 38.3 Å². The molecule has 9 heavy (non-hydrogen) atoms. The Kier molecular flexibility index (Phi) is 1.12. The van der Waals surface area contributed by atoms with Crippen LogP contribution in [0.4, 0.5) is 0 Å². The van der Waals surface area contributed by atoms with Gasteiger partial charge in [-0.25, -0.2) is 0 Å². The summed E-state index contributed by atoms with van der Waals surface area (Å²) in [7, 11) is 0. The number of hydrogen-bond acceptors (Lipinski definition) is 1. The molecule has 1 heteroatoms. The zero-order chi connectivity index (χ0) is 6.27. The van der Waals surface area contributed by atoms with Crippen LogP contribution in [0.1, 0.15) is 26.2 Å². The summed E-state index contributed by atoms with van der Waals surface area (Å²) in [6.45, 7) is 2.24. The maximum Gasteiger partial charge on any atom is 0.0255 e. The van der Waals surface area contributed by atoms with Gasteiger partial charge in [0.2, 0.25) is 0 Å². The van der Waals surface area contributed by atoms with E-state index in [1.165, 1.54) is 19.3 Å². The first-order chi connectivity index (χ1) is 4.34. The molecule has 0 amide bonds. The van der Waals surface area contributed by atoms with E-state index < -0.39 is 0 Å². The smallest absolute Gasteiger partial charge is 0.0255 e. The number of fused-ring (bicyclic) bond motifs is 2. The summed E-state index contributed by atoms with van der Waals surface area (Å²) in [5.41, 5.74) is 1.58. The highest BCUT2D eigenvalue weighted by Crippen LogP contribution is 2.25. The molecular weight excluding hydrogens is 110 g/mol. The summed E-state index contributed by atoms with van der Waals surface area (Å²) in [4.78, 5) is 0. The summed E-state index contributed by atoms with van der Waals surface area (Å²) in [6, 6.07) is 1.55. The first-order valence-electron chi connectivity index (χ1n) is 3.78. The van der Waals surface area contributed by atoms with Crippen LogP contribution in [0.15, 0.2) is 11.6 Å². The molecule has 1 saturated heterocycles. The van der Waals surface area contributed by atoms with Gasteiger partial charge in [-0.15, -0.1) is 0 Å². The highest BCUT2D eigenvalue weighted by molar-refractivity contribution is 5.14. The SMILES string of the molecule is CC1=CC2CCC(C1)N2. The fourth-order valence-corrected chi connectivity index (χ4v) is 1.94. The fourth-order valence-electron chi connectivity index (χ4n) is 1.94. The summed E-state index contributed by atoms with van der Waals surface area (Å²) in [5, 5.41) is 3.54. The average Bonchev–Trinajstić information content (AvgIpc) is 2.11. The van der Waals surface area contributed by atoms with E-state index in [4.69, 9.17) is 0 Å². The monoisotopic (exact) mass is 123 g/mol. The normalized spacial score (nSPS) is 40.8. The second-order valence-corrected chi connectivity index (χ2v) is 3.26. The largest absolute Gasteiger partial charge is 0.307 e. The molecule has 0 saturated carbocycles. The molecule has 50 valence electrons. The Bertz CT molecular complexity index is 149. The van der Waals surface area contributed by atoms with Crippen LogP contribution in [0, 0.1) is 0 Å². The van der Waals surface area contributed by atoms with E-state index in [2.05, 4.69) is 18.3 Å². The molecule has 2 aliphatic heterocycles. The topological polar surface area (TPSA) is 12.0 Å². The third-order valence-electron chi connectivity index (χ3n) is 2.33. The van der Waals surface area contributed by atoms with Crippen molar-refractivity contribution in [1.82, 2.24) is 5.32 Å². The molecule has 0 aliphatic carbocycles. The molecule has 0 aromatic carbocycles. The second kappa shape index (κ2) is 1.84. The first-order valence-corrected chi connectivity index (χ1v) is 3.78. The zero-order valence-corrected chi connectivity index (χ0v) is 5.85. The fraction of sp³-hybridized carbons (Fsp3) is 0.750. The van der Waals surface area contributed by atoms with E-state index in [0.29, 0.717) is 0 Å². The summed E-state index contributed by atoms with van der Waals surface area (Å²) in [6.07, 6.45) is 6.42. The average molecular weight is 123 g/mol. The van der Waals surface area contributed by atoms with Gasteiger partial charge in [-0.1, -0.05) is 11.6 Å². The van der Waals surface area contributed by atoms with E-state index in [-0.39, 0.29) is 0 Å². The van der Waals surface area contributed by atoms with E-state index in [0.717, 1.165) is 12.1 Å². The predicted molar refractivity (Wildman–Crippen MR) is 38.3 cm³/mol. The minimum Gasteiger partial charge on any atom is -0.307 e. The van der Waals surface area contributed by atoms with Crippen LogP contribution >= 0.6 is 0 Å². The van der Waals surface area contributed by atoms with E-state index in [1.54, 1.807) is 5.57 Å². The van der Waals surface area contributed by atoms with Gasteiger partial charge in [-0.2, -0.15) is 0 Å². The Hall–Kier alpha value is -0.300. The van der Waals surface area contributed by atoms with Crippen molar-refractivity contribution in [3.8, 4) is 0 Å². The Morgan fingerprint density at radius 3 is 3.22 bits per heavy atom. The van der Waals surface area contributed by atoms with Gasteiger partial charge in [0.1, 0.15) is 0 Å². The molecule has 2 bridgehead atoms. The van der Waals surface area contributed by atoms with Crippen molar-refractivity contribution < 1.29 is 0 Å². The van der Waals surface area contributed by atoms with Crippen molar-refractivity contribution in [2.24, 2.45) is 0 Å². The molecule has 2 unspecified atom stereocenters. The lowest BCUT2D eigenvalue weighted by molar-refractivity contribution is 0.549. The lowest BCUT2D eigenvalue weighted by Gasteiger charge is -2.18. The standard InChI is InChI=1S/C8H13N/c1-6-4-7-2-3-8(5-6)9-7/h4,7-9H,2-3,5H2,1H3. The Morgan fingerprint density at radius 1 is 1.56 bits per heavy atom. The van der Waals surface area contributed by atoms with Crippen LogP contribution in [-0.2, 0) is 0 Å². The molecular formula is C8H13N. The zero-order valence-electron chi connectivity index (χ0n) is 5.85. The molecule has 2 aliphatic rings. The third-order valence-corrected chi connectivity index (χ3v) is 2.33. The van der Waals surface area contributed by atoms with Crippen molar-refractivity contribution in [2.75, 3.05) is 0 Å². The Morgan fingerprint density at radius 2 is 2.44 bits per heavy atom. The van der Waals surface area contributed by atoms with Gasteiger partial charge in [-0.05, 0) is 26.2 Å². The van der Waals surface area contributed by atoms with E-state index in [1.807, 2.05) is 0 Å². The second-order valence-electron chi connectivity index (χ2n) is 3.26. The van der Waals surface area contributed by atoms with Crippen LogP contribution in [0.5, 0.6) is 0 Å². The molecule has 2 heterocycles. The maximum absolute atomic E-state index is 3.54. The van der Waals surface area contributed by atoms with Gasteiger partial charge in [0.15, 0.2) is 0 Å². The minimum absolute atomic E-state index is 0.726. The van der Waals surface area contributed by atoms with E-state index >= 15 is 0 Å². The van der Waals surface area contributed by atoms with Crippen molar-refractivity contribution in [3.05, 3.63) is 11.6 Å². The molecule has 1 N–H and O–H groups in total. The van der Waals surface area contributed by atoms with Gasteiger partial charge in [0.25, 0.3) is 0 Å². The highest BCUT2D eigenvalue weighted by atomic mass is 15.0. The number of hydrogen-bond donors (Lipinski definition) is 1. The Labute approximate surface area is 56.1 Å². The molecule has 0 spiro atoms. The van der Waals surface area contributed by atoms with Gasteiger partial charge >= 0.3 is 0 Å². The lowest BCUT2D eigenvalue weighted by Crippen LogP contribution is -2.31. The van der Waals surface area contributed by atoms with Crippen LogP contribution in [-0.4, -0.2) is 12.1 Å². The van der Waals surface area contributed by atoms with Gasteiger partial charge in [0.05, 0.1) is 0 Å². The van der Waals surface area contributed by atoms with Crippen LogP contribution < -0.4 is 5.32 Å². The minimum atomic E-state index is 0.726. The quantitative estimate of drug-likeness (QED) is 0.481. The van der Waals surface area contributed by atoms with E-state index in [9.17, 15) is 0 Å². The van der Waals surface area contributed by atoms with Crippen molar-refractivity contribution >= 4 is 0 Å². The number of nitrogens with one attached hydrogen (secondary N) is 1. The van der Waals surface area contributed by atoms with Crippen molar-refractivity contribution in [1.29, 1.82) is 0 Å². The van der Waals surface area contributed by atoms with Gasteiger partial charge in [0, 0.05) is 12.1 Å². The maximum atomic E-state index is 3.54. The summed E-state index contributed by atoms with van der Waals surface area (Å²) in [5.74, 6) is 0. The molecule has 0 aromatic heterocycles. The molecule has 1 nitrogen and oxygen atoms in total. The molecule has 0 aromatic rings. The van der Waals surface area contributed by atoms with Crippen LogP contribution in [0.2, 0.25) is 0 Å². The molecule has 1 fully saturated rings. The summed E-state index contributed by atoms with van der Waals surface area (Å²) >= 11 is 0. The van der Waals surface area contributed by atoms with Gasteiger partial charge < -0.3 is 5.32 Å². The van der Waals surface area contributed by atoms with Gasteiger partial charge in [-0.3, -0.25) is 0 Å². The molecule has 0 radical (unpaired) electrons. The predicted octanol–water partition coefficient (Wildman–Crippen LogP) is 1.46. The first kappa shape index (κ1) is 5.48. The third kappa shape index (κ3) is 0.897.